The van der Waals surface area contributed by atoms with E-state index in [9.17, 15) is 9.90 Å². The summed E-state index contributed by atoms with van der Waals surface area (Å²) >= 11 is 6.18. The van der Waals surface area contributed by atoms with E-state index in [-0.39, 0.29) is 5.56 Å². The SMILES string of the molecule is Cn1cc(-c2ccc3nc(-c4cnn(CC(C)(C)O)c4)nc(NCc4cccc(Cl)c4)c3c2)ccc1=O. The maximum absolute atomic E-state index is 11.9. The molecule has 2 N–H and O–H groups in total. The molecule has 5 aromatic rings. The second kappa shape index (κ2) is 9.80. The van der Waals surface area contributed by atoms with Gasteiger partial charge in [-0.1, -0.05) is 29.8 Å². The number of rotatable bonds is 7. The first kappa shape index (κ1) is 24.7. The van der Waals surface area contributed by atoms with Gasteiger partial charge in [0.2, 0.25) is 5.56 Å². The van der Waals surface area contributed by atoms with E-state index in [4.69, 9.17) is 21.6 Å². The van der Waals surface area contributed by atoms with E-state index < -0.39 is 5.60 Å². The Hall–Kier alpha value is -4.01. The van der Waals surface area contributed by atoms with Crippen molar-refractivity contribution in [3.63, 3.8) is 0 Å². The summed E-state index contributed by atoms with van der Waals surface area (Å²) in [6.45, 7) is 4.35. The average molecular weight is 515 g/mol. The molecule has 3 aromatic heterocycles. The molecule has 3 heterocycles. The Kier molecular flexibility index (Phi) is 6.54. The standard InChI is InChI=1S/C28H27ClN6O2/c1-28(2,37)17-35-16-21(14-31-35)26-32-24-9-7-19(20-8-10-25(36)34(3)15-20)12-23(24)27(33-26)30-13-18-5-4-6-22(29)11-18/h4-12,14-16,37H,13,17H2,1-3H3,(H,30,32,33). The number of fused-ring (bicyclic) bond motifs is 1. The summed E-state index contributed by atoms with van der Waals surface area (Å²) in [6, 6.07) is 17.0. The monoisotopic (exact) mass is 514 g/mol. The van der Waals surface area contributed by atoms with Crippen LogP contribution in [0.25, 0.3) is 33.4 Å². The van der Waals surface area contributed by atoms with Crippen LogP contribution in [0.15, 0.2) is 78.0 Å². The number of halogens is 1. The van der Waals surface area contributed by atoms with Gasteiger partial charge in [0.1, 0.15) is 5.82 Å². The number of hydrogen-bond acceptors (Lipinski definition) is 6. The number of benzene rings is 2. The molecule has 5 rings (SSSR count). The quantitative estimate of drug-likeness (QED) is 0.321. The number of anilines is 1. The van der Waals surface area contributed by atoms with Gasteiger partial charge in [-0.15, -0.1) is 0 Å². The highest BCUT2D eigenvalue weighted by Gasteiger charge is 2.17. The summed E-state index contributed by atoms with van der Waals surface area (Å²) in [5.74, 6) is 1.19. The summed E-state index contributed by atoms with van der Waals surface area (Å²) in [7, 11) is 1.73. The van der Waals surface area contributed by atoms with Crippen LogP contribution in [0.4, 0.5) is 5.82 Å². The summed E-state index contributed by atoms with van der Waals surface area (Å²) in [4.78, 5) is 21.5. The maximum atomic E-state index is 11.9. The predicted octanol–water partition coefficient (Wildman–Crippen LogP) is 4.90. The molecule has 0 fully saturated rings. The molecule has 0 amide bonds. The molecule has 0 aliphatic rings. The highest BCUT2D eigenvalue weighted by molar-refractivity contribution is 6.30. The fourth-order valence-corrected chi connectivity index (χ4v) is 4.34. The van der Waals surface area contributed by atoms with Crippen LogP contribution in [0.5, 0.6) is 0 Å². The molecule has 9 heteroatoms. The van der Waals surface area contributed by atoms with E-state index in [0.717, 1.165) is 33.2 Å². The van der Waals surface area contributed by atoms with E-state index in [1.54, 1.807) is 42.4 Å². The summed E-state index contributed by atoms with van der Waals surface area (Å²) in [5, 5.41) is 19.5. The molecule has 0 atom stereocenters. The zero-order valence-electron chi connectivity index (χ0n) is 20.8. The molecular weight excluding hydrogens is 488 g/mol. The maximum Gasteiger partial charge on any atom is 0.250 e. The summed E-state index contributed by atoms with van der Waals surface area (Å²) < 4.78 is 3.24. The highest BCUT2D eigenvalue weighted by atomic mass is 35.5. The van der Waals surface area contributed by atoms with Gasteiger partial charge in [-0.05, 0) is 60.9 Å². The fraction of sp³-hybridized carbons (Fsp3) is 0.214. The summed E-state index contributed by atoms with van der Waals surface area (Å²) in [6.07, 6.45) is 5.35. The smallest absolute Gasteiger partial charge is 0.250 e. The second-order valence-corrected chi connectivity index (χ2v) is 10.2. The van der Waals surface area contributed by atoms with E-state index in [0.29, 0.717) is 29.8 Å². The number of aromatic nitrogens is 5. The molecule has 0 spiro atoms. The molecule has 0 radical (unpaired) electrons. The largest absolute Gasteiger partial charge is 0.389 e. The van der Waals surface area contributed by atoms with E-state index >= 15 is 0 Å². The molecule has 0 bridgehead atoms. The van der Waals surface area contributed by atoms with Crippen LogP contribution >= 0.6 is 11.6 Å². The van der Waals surface area contributed by atoms with Gasteiger partial charge in [-0.25, -0.2) is 9.97 Å². The lowest BCUT2D eigenvalue weighted by Crippen LogP contribution is -2.26. The van der Waals surface area contributed by atoms with E-state index in [1.165, 1.54) is 0 Å². The van der Waals surface area contributed by atoms with Crippen LogP contribution in [0.2, 0.25) is 5.02 Å². The lowest BCUT2D eigenvalue weighted by molar-refractivity contribution is 0.0577. The number of aliphatic hydroxyl groups is 1. The van der Waals surface area contributed by atoms with Crippen molar-refractivity contribution >= 4 is 28.3 Å². The zero-order chi connectivity index (χ0) is 26.2. The number of nitrogens with one attached hydrogen (secondary N) is 1. The molecule has 0 aliphatic heterocycles. The Morgan fingerprint density at radius 1 is 1.00 bits per heavy atom. The highest BCUT2D eigenvalue weighted by Crippen LogP contribution is 2.30. The third kappa shape index (κ3) is 5.71. The van der Waals surface area contributed by atoms with Gasteiger partial charge >= 0.3 is 0 Å². The Bertz CT molecular complexity index is 1650. The topological polar surface area (TPSA) is 97.9 Å². The Labute approximate surface area is 219 Å². The molecule has 0 unspecified atom stereocenters. The minimum absolute atomic E-state index is 0.0634. The third-order valence-electron chi connectivity index (χ3n) is 5.90. The predicted molar refractivity (Wildman–Crippen MR) is 147 cm³/mol. The van der Waals surface area contributed by atoms with Crippen LogP contribution in [0.1, 0.15) is 19.4 Å². The molecule has 188 valence electrons. The van der Waals surface area contributed by atoms with Crippen LogP contribution in [-0.4, -0.2) is 35.0 Å². The molecular formula is C28H27ClN6O2. The van der Waals surface area contributed by atoms with Crippen molar-refractivity contribution in [1.29, 1.82) is 0 Å². The molecule has 0 aliphatic carbocycles. The molecule has 8 nitrogen and oxygen atoms in total. The van der Waals surface area contributed by atoms with Crippen molar-refractivity contribution in [2.45, 2.75) is 32.5 Å². The first-order valence-corrected chi connectivity index (χ1v) is 12.2. The van der Waals surface area contributed by atoms with Gasteiger partial charge in [-0.2, -0.15) is 5.10 Å². The van der Waals surface area contributed by atoms with E-state index in [1.807, 2.05) is 60.9 Å². The Balaban J connectivity index is 1.58. The molecule has 2 aromatic carbocycles. The van der Waals surface area contributed by atoms with Gasteiger partial charge < -0.3 is 15.0 Å². The van der Waals surface area contributed by atoms with Crippen LogP contribution < -0.4 is 10.9 Å². The van der Waals surface area contributed by atoms with Gasteiger partial charge in [0.05, 0.1) is 29.4 Å². The number of aryl methyl sites for hydroxylation is 1. The zero-order valence-corrected chi connectivity index (χ0v) is 21.6. The third-order valence-corrected chi connectivity index (χ3v) is 6.14. The Morgan fingerprint density at radius 3 is 2.57 bits per heavy atom. The van der Waals surface area contributed by atoms with Gasteiger partial charge in [0.15, 0.2) is 5.82 Å². The van der Waals surface area contributed by atoms with Crippen molar-refractivity contribution in [3.8, 4) is 22.5 Å². The number of pyridine rings is 1. The minimum atomic E-state index is -0.894. The van der Waals surface area contributed by atoms with Gasteiger partial charge in [0.25, 0.3) is 0 Å². The van der Waals surface area contributed by atoms with Crippen LogP contribution in [0.3, 0.4) is 0 Å². The minimum Gasteiger partial charge on any atom is -0.389 e. The van der Waals surface area contributed by atoms with Gasteiger partial charge in [-0.3, -0.25) is 9.48 Å². The van der Waals surface area contributed by atoms with Crippen molar-refractivity contribution in [3.05, 3.63) is 94.1 Å². The van der Waals surface area contributed by atoms with Crippen LogP contribution in [0, 0.1) is 0 Å². The van der Waals surface area contributed by atoms with Gasteiger partial charge in [0, 0.05) is 42.5 Å². The summed E-state index contributed by atoms with van der Waals surface area (Å²) in [5.41, 5.74) is 3.44. The van der Waals surface area contributed by atoms with Crippen molar-refractivity contribution in [2.24, 2.45) is 7.05 Å². The first-order chi connectivity index (χ1) is 17.6. The molecule has 37 heavy (non-hydrogen) atoms. The second-order valence-electron chi connectivity index (χ2n) is 9.72. The van der Waals surface area contributed by atoms with Crippen molar-refractivity contribution in [1.82, 2.24) is 24.3 Å². The first-order valence-electron chi connectivity index (χ1n) is 11.9. The molecule has 0 saturated heterocycles. The number of hydrogen-bond donors (Lipinski definition) is 2. The lowest BCUT2D eigenvalue weighted by Gasteiger charge is -2.16. The van der Waals surface area contributed by atoms with Crippen molar-refractivity contribution < 1.29 is 5.11 Å². The average Bonchev–Trinajstić information content (AvgIpc) is 3.30. The van der Waals surface area contributed by atoms with E-state index in [2.05, 4.69) is 10.4 Å². The fourth-order valence-electron chi connectivity index (χ4n) is 4.13. The van der Waals surface area contributed by atoms with Crippen LogP contribution in [-0.2, 0) is 20.1 Å². The normalized spacial score (nSPS) is 11.7. The number of nitrogens with zero attached hydrogens (tertiary/aromatic N) is 5. The Morgan fingerprint density at radius 2 is 1.81 bits per heavy atom. The molecule has 0 saturated carbocycles. The van der Waals surface area contributed by atoms with Crippen molar-refractivity contribution in [2.75, 3.05) is 5.32 Å². The lowest BCUT2D eigenvalue weighted by atomic mass is 10.0.